The Labute approximate surface area is 112 Å². The van der Waals surface area contributed by atoms with Crippen molar-refractivity contribution in [3.8, 4) is 0 Å². The number of carbonyl (C=O) groups excluding carboxylic acids is 1. The standard InChI is InChI=1S/C13H12FN3O3/c1-17-12(19)10(7-16-13(17)20)11(18)15-6-8-2-4-9(14)5-3-8/h2-5,7H,6H2,1H3,(H,15,18)(H,16,20). The van der Waals surface area contributed by atoms with Gasteiger partial charge in [-0.3, -0.25) is 14.2 Å². The Balaban J connectivity index is 2.13. The van der Waals surface area contributed by atoms with Crippen LogP contribution in [0.2, 0.25) is 0 Å². The maximum atomic E-state index is 12.7. The molecule has 0 unspecified atom stereocenters. The highest BCUT2D eigenvalue weighted by Crippen LogP contribution is 2.02. The van der Waals surface area contributed by atoms with Crippen molar-refractivity contribution >= 4 is 5.91 Å². The molecule has 2 aromatic rings. The van der Waals surface area contributed by atoms with Crippen molar-refractivity contribution < 1.29 is 9.18 Å². The van der Waals surface area contributed by atoms with Gasteiger partial charge in [0.2, 0.25) is 0 Å². The van der Waals surface area contributed by atoms with E-state index in [1.54, 1.807) is 0 Å². The molecule has 1 aromatic carbocycles. The third-order valence-corrected chi connectivity index (χ3v) is 2.79. The Kier molecular flexibility index (Phi) is 3.79. The Morgan fingerprint density at radius 3 is 2.60 bits per heavy atom. The van der Waals surface area contributed by atoms with Crippen LogP contribution in [0.4, 0.5) is 4.39 Å². The number of amides is 1. The molecule has 0 aliphatic carbocycles. The van der Waals surface area contributed by atoms with Gasteiger partial charge < -0.3 is 10.3 Å². The number of benzene rings is 1. The average Bonchev–Trinajstić information content (AvgIpc) is 2.44. The molecule has 104 valence electrons. The van der Waals surface area contributed by atoms with Crippen molar-refractivity contribution in [2.24, 2.45) is 7.05 Å². The van der Waals surface area contributed by atoms with Crippen LogP contribution in [0.5, 0.6) is 0 Å². The summed E-state index contributed by atoms with van der Waals surface area (Å²) in [6.07, 6.45) is 1.07. The number of hydrogen-bond donors (Lipinski definition) is 2. The van der Waals surface area contributed by atoms with Crippen LogP contribution in [0.1, 0.15) is 15.9 Å². The summed E-state index contributed by atoms with van der Waals surface area (Å²) in [7, 11) is 1.28. The third-order valence-electron chi connectivity index (χ3n) is 2.79. The zero-order valence-electron chi connectivity index (χ0n) is 10.6. The number of halogens is 1. The lowest BCUT2D eigenvalue weighted by Gasteiger charge is -2.05. The van der Waals surface area contributed by atoms with Crippen LogP contribution in [-0.2, 0) is 13.6 Å². The predicted octanol–water partition coefficient (Wildman–Crippen LogP) is 0.143. The van der Waals surface area contributed by atoms with Crippen molar-refractivity contribution in [3.63, 3.8) is 0 Å². The average molecular weight is 277 g/mol. The van der Waals surface area contributed by atoms with Crippen LogP contribution in [0.25, 0.3) is 0 Å². The topological polar surface area (TPSA) is 84.0 Å². The molecule has 0 radical (unpaired) electrons. The molecule has 0 atom stereocenters. The van der Waals surface area contributed by atoms with Gasteiger partial charge in [-0.15, -0.1) is 0 Å². The monoisotopic (exact) mass is 277 g/mol. The summed E-state index contributed by atoms with van der Waals surface area (Å²) >= 11 is 0. The molecule has 2 rings (SSSR count). The molecule has 0 fully saturated rings. The van der Waals surface area contributed by atoms with Crippen molar-refractivity contribution in [2.45, 2.75) is 6.54 Å². The predicted molar refractivity (Wildman–Crippen MR) is 69.9 cm³/mol. The van der Waals surface area contributed by atoms with E-state index in [2.05, 4.69) is 10.3 Å². The molecular formula is C13H12FN3O3. The minimum atomic E-state index is -0.676. The highest BCUT2D eigenvalue weighted by Gasteiger charge is 2.12. The van der Waals surface area contributed by atoms with Gasteiger partial charge in [0.15, 0.2) is 0 Å². The molecule has 1 amide bonds. The fourth-order valence-corrected chi connectivity index (χ4v) is 1.61. The van der Waals surface area contributed by atoms with Crippen molar-refractivity contribution in [1.29, 1.82) is 0 Å². The minimum Gasteiger partial charge on any atom is -0.348 e. The van der Waals surface area contributed by atoms with Crippen molar-refractivity contribution in [1.82, 2.24) is 14.9 Å². The van der Waals surface area contributed by atoms with Gasteiger partial charge in [-0.25, -0.2) is 9.18 Å². The fourth-order valence-electron chi connectivity index (χ4n) is 1.61. The second kappa shape index (κ2) is 5.52. The summed E-state index contributed by atoms with van der Waals surface area (Å²) in [5, 5.41) is 2.53. The lowest BCUT2D eigenvalue weighted by atomic mass is 10.2. The number of H-pyrrole nitrogens is 1. The number of hydrogen-bond acceptors (Lipinski definition) is 3. The van der Waals surface area contributed by atoms with E-state index < -0.39 is 17.2 Å². The molecule has 0 saturated heterocycles. The van der Waals surface area contributed by atoms with E-state index in [0.29, 0.717) is 5.56 Å². The molecule has 0 bridgehead atoms. The quantitative estimate of drug-likeness (QED) is 0.837. The molecule has 1 heterocycles. The first-order valence-corrected chi connectivity index (χ1v) is 5.80. The number of aromatic amines is 1. The highest BCUT2D eigenvalue weighted by molar-refractivity contribution is 5.93. The summed E-state index contributed by atoms with van der Waals surface area (Å²) in [6, 6.07) is 5.61. The third kappa shape index (κ3) is 2.82. The van der Waals surface area contributed by atoms with E-state index in [0.717, 1.165) is 10.8 Å². The first-order chi connectivity index (χ1) is 9.49. The smallest absolute Gasteiger partial charge is 0.328 e. The molecule has 0 saturated carbocycles. The Morgan fingerprint density at radius 1 is 1.30 bits per heavy atom. The first kappa shape index (κ1) is 13.7. The zero-order chi connectivity index (χ0) is 14.7. The van der Waals surface area contributed by atoms with Gasteiger partial charge in [-0.1, -0.05) is 12.1 Å². The maximum Gasteiger partial charge on any atom is 0.328 e. The van der Waals surface area contributed by atoms with Gasteiger partial charge in [0.1, 0.15) is 11.4 Å². The van der Waals surface area contributed by atoms with E-state index in [9.17, 15) is 18.8 Å². The normalized spacial score (nSPS) is 10.3. The van der Waals surface area contributed by atoms with Crippen LogP contribution in [0.15, 0.2) is 40.1 Å². The summed E-state index contributed by atoms with van der Waals surface area (Å²) < 4.78 is 13.5. The molecule has 7 heteroatoms. The molecule has 1 aromatic heterocycles. The SMILES string of the molecule is Cn1c(=O)[nH]cc(C(=O)NCc2ccc(F)cc2)c1=O. The van der Waals surface area contributed by atoms with E-state index in [1.165, 1.54) is 31.3 Å². The number of aromatic nitrogens is 2. The Morgan fingerprint density at radius 2 is 1.95 bits per heavy atom. The van der Waals surface area contributed by atoms with Gasteiger partial charge in [-0.2, -0.15) is 0 Å². The first-order valence-electron chi connectivity index (χ1n) is 5.80. The van der Waals surface area contributed by atoms with Crippen LogP contribution in [0.3, 0.4) is 0 Å². The lowest BCUT2D eigenvalue weighted by molar-refractivity contribution is 0.0948. The largest absolute Gasteiger partial charge is 0.348 e. The number of nitrogens with one attached hydrogen (secondary N) is 2. The molecule has 0 aliphatic rings. The lowest BCUT2D eigenvalue weighted by Crippen LogP contribution is -2.38. The molecule has 0 spiro atoms. The van der Waals surface area contributed by atoms with Crippen LogP contribution in [-0.4, -0.2) is 15.5 Å². The number of rotatable bonds is 3. The van der Waals surface area contributed by atoms with E-state index in [1.807, 2.05) is 0 Å². The molecule has 6 nitrogen and oxygen atoms in total. The Hall–Kier alpha value is -2.70. The number of carbonyl (C=O) groups is 1. The molecule has 0 aliphatic heterocycles. The molecule has 2 N–H and O–H groups in total. The summed E-state index contributed by atoms with van der Waals surface area (Å²) in [6.45, 7) is 0.154. The fraction of sp³-hybridized carbons (Fsp3) is 0.154. The molecule has 20 heavy (non-hydrogen) atoms. The Bertz CT molecular complexity index is 747. The zero-order valence-corrected chi connectivity index (χ0v) is 10.6. The van der Waals surface area contributed by atoms with Crippen molar-refractivity contribution in [2.75, 3.05) is 0 Å². The van der Waals surface area contributed by atoms with E-state index in [4.69, 9.17) is 0 Å². The van der Waals surface area contributed by atoms with Gasteiger partial charge >= 0.3 is 5.69 Å². The summed E-state index contributed by atoms with van der Waals surface area (Å²) in [4.78, 5) is 37.0. The number of nitrogens with zero attached hydrogens (tertiary/aromatic N) is 1. The summed E-state index contributed by atoms with van der Waals surface area (Å²) in [5.74, 6) is -0.972. The van der Waals surface area contributed by atoms with Crippen molar-refractivity contribution in [3.05, 3.63) is 68.2 Å². The van der Waals surface area contributed by atoms with Crippen LogP contribution >= 0.6 is 0 Å². The van der Waals surface area contributed by atoms with Gasteiger partial charge in [-0.05, 0) is 17.7 Å². The van der Waals surface area contributed by atoms with Gasteiger partial charge in [0.25, 0.3) is 11.5 Å². The van der Waals surface area contributed by atoms with Crippen LogP contribution in [0, 0.1) is 5.82 Å². The van der Waals surface area contributed by atoms with E-state index >= 15 is 0 Å². The van der Waals surface area contributed by atoms with Gasteiger partial charge in [0, 0.05) is 19.8 Å². The van der Waals surface area contributed by atoms with Gasteiger partial charge in [0.05, 0.1) is 0 Å². The highest BCUT2D eigenvalue weighted by atomic mass is 19.1. The second-order valence-electron chi connectivity index (χ2n) is 4.18. The van der Waals surface area contributed by atoms with E-state index in [-0.39, 0.29) is 17.9 Å². The minimum absolute atomic E-state index is 0.154. The summed E-state index contributed by atoms with van der Waals surface area (Å²) in [5.41, 5.74) is -0.731. The second-order valence-corrected chi connectivity index (χ2v) is 4.18. The molecular weight excluding hydrogens is 265 g/mol. The van der Waals surface area contributed by atoms with Crippen LogP contribution < -0.4 is 16.6 Å². The maximum absolute atomic E-state index is 12.7.